The van der Waals surface area contributed by atoms with E-state index in [0.717, 1.165) is 35.6 Å². The number of benzene rings is 2. The van der Waals surface area contributed by atoms with Crippen LogP contribution in [0.5, 0.6) is 0 Å². The molecule has 0 radical (unpaired) electrons. The van der Waals surface area contributed by atoms with E-state index in [1.54, 1.807) is 0 Å². The van der Waals surface area contributed by atoms with E-state index in [1.165, 1.54) is 0 Å². The van der Waals surface area contributed by atoms with E-state index in [4.69, 9.17) is 5.73 Å². The highest BCUT2D eigenvalue weighted by molar-refractivity contribution is 6.43. The van der Waals surface area contributed by atoms with Gasteiger partial charge >= 0.3 is 7.12 Å². The molecule has 33 heavy (non-hydrogen) atoms. The van der Waals surface area contributed by atoms with Crippen molar-refractivity contribution in [3.05, 3.63) is 48.0 Å². The Balaban J connectivity index is 2.02. The molecule has 0 fully saturated rings. The third kappa shape index (κ3) is 8.80. The summed E-state index contributed by atoms with van der Waals surface area (Å²) in [6.07, 6.45) is 3.93. The maximum Gasteiger partial charge on any atom is 0.475 e. The average Bonchev–Trinajstić information content (AvgIpc) is 2.77. The molecule has 2 amide bonds. The van der Waals surface area contributed by atoms with Gasteiger partial charge in [-0.1, -0.05) is 82.5 Å². The Morgan fingerprint density at radius 2 is 1.70 bits per heavy atom. The molecule has 0 aliphatic heterocycles. The van der Waals surface area contributed by atoms with Crippen molar-refractivity contribution in [2.75, 3.05) is 0 Å². The quantitative estimate of drug-likeness (QED) is 0.234. The minimum absolute atomic E-state index is 0.148. The van der Waals surface area contributed by atoms with Gasteiger partial charge in [0.25, 0.3) is 0 Å². The second kappa shape index (κ2) is 13.3. The normalized spacial score (nSPS) is 14.0. The number of amides is 2. The molecule has 0 aromatic heterocycles. The first-order valence-corrected chi connectivity index (χ1v) is 11.9. The molecule has 7 nitrogen and oxygen atoms in total. The zero-order chi connectivity index (χ0) is 24.4. The largest absolute Gasteiger partial charge is 0.475 e. The van der Waals surface area contributed by atoms with E-state index >= 15 is 0 Å². The van der Waals surface area contributed by atoms with Crippen LogP contribution >= 0.6 is 0 Å². The Kier molecular flexibility index (Phi) is 10.8. The zero-order valence-corrected chi connectivity index (χ0v) is 20.0. The predicted octanol–water partition coefficient (Wildman–Crippen LogP) is 2.32. The summed E-state index contributed by atoms with van der Waals surface area (Å²) in [5.74, 6) is -1.46. The molecule has 8 heteroatoms. The van der Waals surface area contributed by atoms with Crippen LogP contribution in [-0.2, 0) is 16.0 Å². The van der Waals surface area contributed by atoms with Gasteiger partial charge in [0.15, 0.2) is 0 Å². The molecule has 6 N–H and O–H groups in total. The molecule has 0 bridgehead atoms. The molecule has 0 saturated carbocycles. The average molecular weight is 455 g/mol. The second-order valence-corrected chi connectivity index (χ2v) is 9.21. The van der Waals surface area contributed by atoms with E-state index in [1.807, 2.05) is 56.3 Å². The number of hydrogen-bond acceptors (Lipinski definition) is 5. The van der Waals surface area contributed by atoms with Crippen molar-refractivity contribution >= 4 is 29.7 Å². The SMILES string of the molecule is CCCCC[C@H](NC(=O)[C@H](CC(C)C)NC(=O)[C@H](N)Cc1ccc2ccccc2c1)B(O)O. The number of carbonyl (C=O) groups excluding carboxylic acids is 2. The lowest BCUT2D eigenvalue weighted by Crippen LogP contribution is -2.56. The van der Waals surface area contributed by atoms with Crippen molar-refractivity contribution in [1.82, 2.24) is 10.6 Å². The van der Waals surface area contributed by atoms with Crippen molar-refractivity contribution in [2.45, 2.75) is 77.3 Å². The van der Waals surface area contributed by atoms with Gasteiger partial charge in [-0.2, -0.15) is 0 Å². The summed E-state index contributed by atoms with van der Waals surface area (Å²) in [6, 6.07) is 12.4. The Bertz CT molecular complexity index is 906. The molecular weight excluding hydrogens is 417 g/mol. The second-order valence-electron chi connectivity index (χ2n) is 9.21. The molecule has 0 aliphatic rings. The van der Waals surface area contributed by atoms with Crippen LogP contribution in [0.15, 0.2) is 42.5 Å². The van der Waals surface area contributed by atoms with E-state index in [0.29, 0.717) is 19.3 Å². The van der Waals surface area contributed by atoms with Crippen molar-refractivity contribution in [3.8, 4) is 0 Å². The highest BCUT2D eigenvalue weighted by Gasteiger charge is 2.30. The first-order chi connectivity index (χ1) is 15.7. The van der Waals surface area contributed by atoms with Crippen molar-refractivity contribution in [1.29, 1.82) is 0 Å². The molecule has 0 aliphatic carbocycles. The van der Waals surface area contributed by atoms with Crippen LogP contribution in [-0.4, -0.2) is 47.0 Å². The van der Waals surface area contributed by atoms with Crippen molar-refractivity contribution in [3.63, 3.8) is 0 Å². The van der Waals surface area contributed by atoms with Gasteiger partial charge in [0.2, 0.25) is 11.8 Å². The molecule has 0 spiro atoms. The van der Waals surface area contributed by atoms with Gasteiger partial charge in [-0.25, -0.2) is 0 Å². The van der Waals surface area contributed by atoms with E-state index in [-0.39, 0.29) is 5.92 Å². The van der Waals surface area contributed by atoms with E-state index in [9.17, 15) is 19.6 Å². The van der Waals surface area contributed by atoms with Crippen LogP contribution in [0, 0.1) is 5.92 Å². The van der Waals surface area contributed by atoms with Gasteiger partial charge < -0.3 is 26.4 Å². The van der Waals surface area contributed by atoms with Gasteiger partial charge in [0.05, 0.1) is 12.0 Å². The minimum Gasteiger partial charge on any atom is -0.426 e. The molecule has 0 heterocycles. The first-order valence-electron chi connectivity index (χ1n) is 11.9. The lowest BCUT2D eigenvalue weighted by atomic mass is 9.76. The Morgan fingerprint density at radius 3 is 2.33 bits per heavy atom. The first kappa shape index (κ1) is 26.8. The summed E-state index contributed by atoms with van der Waals surface area (Å²) >= 11 is 0. The number of nitrogens with two attached hydrogens (primary N) is 1. The van der Waals surface area contributed by atoms with Crippen LogP contribution in [0.25, 0.3) is 10.8 Å². The van der Waals surface area contributed by atoms with E-state index in [2.05, 4.69) is 17.6 Å². The van der Waals surface area contributed by atoms with Gasteiger partial charge in [0.1, 0.15) is 6.04 Å². The number of nitrogens with one attached hydrogen (secondary N) is 2. The molecule has 2 rings (SSSR count). The third-order valence-corrected chi connectivity index (χ3v) is 5.75. The molecule has 2 aromatic carbocycles. The maximum atomic E-state index is 12.9. The Labute approximate surface area is 197 Å². The van der Waals surface area contributed by atoms with Crippen molar-refractivity contribution in [2.24, 2.45) is 11.7 Å². The number of rotatable bonds is 13. The van der Waals surface area contributed by atoms with E-state index < -0.39 is 37.0 Å². The van der Waals surface area contributed by atoms with Crippen LogP contribution in [0.4, 0.5) is 0 Å². The minimum atomic E-state index is -1.66. The molecule has 2 aromatic rings. The fourth-order valence-corrected chi connectivity index (χ4v) is 3.89. The van der Waals surface area contributed by atoms with Gasteiger partial charge in [0, 0.05) is 0 Å². The monoisotopic (exact) mass is 455 g/mol. The summed E-state index contributed by atoms with van der Waals surface area (Å²) in [5.41, 5.74) is 7.12. The topological polar surface area (TPSA) is 125 Å². The maximum absolute atomic E-state index is 12.9. The molecule has 0 unspecified atom stereocenters. The number of carbonyl (C=O) groups is 2. The number of unbranched alkanes of at least 4 members (excludes halogenated alkanes) is 2. The van der Waals surface area contributed by atoms with Gasteiger partial charge in [-0.15, -0.1) is 0 Å². The highest BCUT2D eigenvalue weighted by atomic mass is 16.4. The van der Waals surface area contributed by atoms with Crippen molar-refractivity contribution < 1.29 is 19.6 Å². The summed E-state index contributed by atoms with van der Waals surface area (Å²) in [6.45, 7) is 5.97. The Morgan fingerprint density at radius 1 is 1.00 bits per heavy atom. The van der Waals surface area contributed by atoms with Crippen LogP contribution in [0.3, 0.4) is 0 Å². The predicted molar refractivity (Wildman–Crippen MR) is 133 cm³/mol. The van der Waals surface area contributed by atoms with Crippen LogP contribution in [0.1, 0.15) is 58.4 Å². The summed E-state index contributed by atoms with van der Waals surface area (Å²) in [4.78, 5) is 25.7. The summed E-state index contributed by atoms with van der Waals surface area (Å²) < 4.78 is 0. The standard InChI is InChI=1S/C25H38BN3O4/c1-4-5-6-11-23(26(32)33)29-25(31)22(14-17(2)3)28-24(30)21(27)16-18-12-13-19-9-7-8-10-20(19)15-18/h7-10,12-13,15,17,21-23,32-33H,4-6,11,14,16,27H2,1-3H3,(H,28,30)(H,29,31)/t21-,22+,23+/m1/s1. The lowest BCUT2D eigenvalue weighted by Gasteiger charge is -2.25. The van der Waals surface area contributed by atoms with Gasteiger partial charge in [-0.05, 0) is 41.5 Å². The summed E-state index contributed by atoms with van der Waals surface area (Å²) in [7, 11) is -1.66. The zero-order valence-electron chi connectivity index (χ0n) is 20.0. The molecular formula is C25H38BN3O4. The number of hydrogen-bond donors (Lipinski definition) is 5. The molecule has 3 atom stereocenters. The number of fused-ring (bicyclic) bond motifs is 1. The van der Waals surface area contributed by atoms with Crippen LogP contribution in [0.2, 0.25) is 0 Å². The third-order valence-electron chi connectivity index (χ3n) is 5.75. The molecule has 180 valence electrons. The smallest absolute Gasteiger partial charge is 0.426 e. The fraction of sp³-hybridized carbons (Fsp3) is 0.520. The lowest BCUT2D eigenvalue weighted by molar-refractivity contribution is -0.130. The fourth-order valence-electron chi connectivity index (χ4n) is 3.89. The highest BCUT2D eigenvalue weighted by Crippen LogP contribution is 2.17. The van der Waals surface area contributed by atoms with Crippen LogP contribution < -0.4 is 16.4 Å². The Hall–Kier alpha value is -2.42. The molecule has 0 saturated heterocycles. The van der Waals surface area contributed by atoms with Gasteiger partial charge in [-0.3, -0.25) is 9.59 Å². The summed E-state index contributed by atoms with van der Waals surface area (Å²) in [5, 5.41) is 27.0.